The monoisotopic (exact) mass is 282 g/mol. The van der Waals surface area contributed by atoms with Crippen LogP contribution >= 0.6 is 0 Å². The second-order valence-electron chi connectivity index (χ2n) is 6.77. The standard InChI is InChI=1S/C19H22O2/c1-18(2,3)19(20,15-12-8-5-9-13-15)17-16(21-17)14-10-6-4-7-11-14/h4-13,16-17,20H,1-3H3/t16-,17+,19-/m0/s1. The Labute approximate surface area is 126 Å². The Morgan fingerprint density at radius 2 is 1.38 bits per heavy atom. The molecule has 0 radical (unpaired) electrons. The van der Waals surface area contributed by atoms with Crippen molar-refractivity contribution in [2.24, 2.45) is 5.41 Å². The summed E-state index contributed by atoms with van der Waals surface area (Å²) in [7, 11) is 0. The summed E-state index contributed by atoms with van der Waals surface area (Å²) in [4.78, 5) is 0. The van der Waals surface area contributed by atoms with Crippen LogP contribution in [0, 0.1) is 5.41 Å². The predicted molar refractivity (Wildman–Crippen MR) is 83.8 cm³/mol. The molecule has 2 aromatic rings. The van der Waals surface area contributed by atoms with Gasteiger partial charge in [-0.2, -0.15) is 0 Å². The minimum atomic E-state index is -1.01. The van der Waals surface area contributed by atoms with Crippen LogP contribution in [0.15, 0.2) is 60.7 Å². The van der Waals surface area contributed by atoms with Crippen molar-refractivity contribution in [2.45, 2.75) is 38.6 Å². The van der Waals surface area contributed by atoms with E-state index in [4.69, 9.17) is 4.74 Å². The average molecular weight is 282 g/mol. The van der Waals surface area contributed by atoms with Crippen molar-refractivity contribution < 1.29 is 9.84 Å². The summed E-state index contributed by atoms with van der Waals surface area (Å²) in [5.74, 6) is 0. The van der Waals surface area contributed by atoms with Crippen molar-refractivity contribution in [3.8, 4) is 0 Å². The van der Waals surface area contributed by atoms with E-state index >= 15 is 0 Å². The molecule has 0 unspecified atom stereocenters. The molecule has 1 aliphatic heterocycles. The zero-order chi connectivity index (χ0) is 15.1. The van der Waals surface area contributed by atoms with Gasteiger partial charge >= 0.3 is 0 Å². The third kappa shape index (κ3) is 2.39. The van der Waals surface area contributed by atoms with E-state index in [0.717, 1.165) is 11.1 Å². The maximum absolute atomic E-state index is 11.5. The van der Waals surface area contributed by atoms with Crippen LogP contribution in [-0.4, -0.2) is 11.2 Å². The van der Waals surface area contributed by atoms with E-state index in [2.05, 4.69) is 32.9 Å². The average Bonchev–Trinajstić information content (AvgIpc) is 3.28. The normalized spacial score (nSPS) is 24.4. The van der Waals surface area contributed by atoms with Gasteiger partial charge in [0.2, 0.25) is 0 Å². The molecule has 2 aromatic carbocycles. The first-order chi connectivity index (χ1) is 9.94. The molecule has 2 heteroatoms. The molecule has 110 valence electrons. The summed E-state index contributed by atoms with van der Waals surface area (Å²) in [6.45, 7) is 6.18. The smallest absolute Gasteiger partial charge is 0.123 e. The van der Waals surface area contributed by atoms with Crippen molar-refractivity contribution in [3.05, 3.63) is 71.8 Å². The molecule has 0 aliphatic carbocycles. The molecular formula is C19H22O2. The number of ether oxygens (including phenoxy) is 1. The molecule has 1 aliphatic rings. The molecule has 1 saturated heterocycles. The highest BCUT2D eigenvalue weighted by atomic mass is 16.6. The van der Waals surface area contributed by atoms with Gasteiger partial charge in [0.05, 0.1) is 0 Å². The Hall–Kier alpha value is -1.64. The van der Waals surface area contributed by atoms with Gasteiger partial charge in [-0.1, -0.05) is 81.4 Å². The molecule has 3 atom stereocenters. The third-order valence-corrected chi connectivity index (χ3v) is 4.39. The lowest BCUT2D eigenvalue weighted by Gasteiger charge is -2.40. The van der Waals surface area contributed by atoms with Gasteiger partial charge in [-0.3, -0.25) is 0 Å². The van der Waals surface area contributed by atoms with Gasteiger partial charge in [0.1, 0.15) is 17.8 Å². The fourth-order valence-electron chi connectivity index (χ4n) is 3.04. The molecule has 2 nitrogen and oxygen atoms in total. The topological polar surface area (TPSA) is 32.8 Å². The van der Waals surface area contributed by atoms with Crippen LogP contribution in [0.3, 0.4) is 0 Å². The predicted octanol–water partition coefficient (Wildman–Crippen LogP) is 4.06. The van der Waals surface area contributed by atoms with Crippen LogP contribution in [0.4, 0.5) is 0 Å². The van der Waals surface area contributed by atoms with E-state index < -0.39 is 5.60 Å². The highest BCUT2D eigenvalue weighted by Crippen LogP contribution is 2.55. The molecule has 1 fully saturated rings. The van der Waals surface area contributed by atoms with Crippen molar-refractivity contribution in [2.75, 3.05) is 0 Å². The van der Waals surface area contributed by atoms with E-state index in [0.29, 0.717) is 0 Å². The summed E-state index contributed by atoms with van der Waals surface area (Å²) in [6, 6.07) is 20.0. The molecule has 0 aromatic heterocycles. The van der Waals surface area contributed by atoms with E-state index in [1.54, 1.807) is 0 Å². The lowest BCUT2D eigenvalue weighted by atomic mass is 9.69. The molecule has 0 bridgehead atoms. The Morgan fingerprint density at radius 3 is 1.90 bits per heavy atom. The number of hydrogen-bond donors (Lipinski definition) is 1. The quantitative estimate of drug-likeness (QED) is 0.861. The summed E-state index contributed by atoms with van der Waals surface area (Å²) in [5.41, 5.74) is 0.721. The molecule has 21 heavy (non-hydrogen) atoms. The molecule has 0 amide bonds. The van der Waals surface area contributed by atoms with Crippen LogP contribution in [-0.2, 0) is 10.3 Å². The highest BCUT2D eigenvalue weighted by molar-refractivity contribution is 5.32. The first-order valence-electron chi connectivity index (χ1n) is 7.43. The molecule has 0 spiro atoms. The van der Waals surface area contributed by atoms with Crippen LogP contribution in [0.2, 0.25) is 0 Å². The second-order valence-corrected chi connectivity index (χ2v) is 6.77. The molecular weight excluding hydrogens is 260 g/mol. The van der Waals surface area contributed by atoms with Crippen molar-refractivity contribution in [3.63, 3.8) is 0 Å². The maximum Gasteiger partial charge on any atom is 0.123 e. The minimum Gasteiger partial charge on any atom is -0.382 e. The zero-order valence-corrected chi connectivity index (χ0v) is 12.8. The SMILES string of the molecule is CC(C)(C)[C@](O)(c1ccccc1)[C@@H]1O[C@H]1c1ccccc1. The molecule has 1 heterocycles. The summed E-state index contributed by atoms with van der Waals surface area (Å²) in [6.07, 6.45) is -0.238. The molecule has 0 saturated carbocycles. The van der Waals surface area contributed by atoms with Crippen LogP contribution < -0.4 is 0 Å². The Balaban J connectivity index is 1.97. The van der Waals surface area contributed by atoms with Gasteiger partial charge in [-0.25, -0.2) is 0 Å². The fourth-order valence-corrected chi connectivity index (χ4v) is 3.04. The third-order valence-electron chi connectivity index (χ3n) is 4.39. The van der Waals surface area contributed by atoms with Crippen molar-refractivity contribution >= 4 is 0 Å². The lowest BCUT2D eigenvalue weighted by Crippen LogP contribution is -2.45. The van der Waals surface area contributed by atoms with Crippen molar-refractivity contribution in [1.29, 1.82) is 0 Å². The minimum absolute atomic E-state index is 0.0318. The van der Waals surface area contributed by atoms with E-state index in [-0.39, 0.29) is 17.6 Å². The lowest BCUT2D eigenvalue weighted by molar-refractivity contribution is -0.0849. The van der Waals surface area contributed by atoms with Gasteiger partial charge in [0.15, 0.2) is 0 Å². The van der Waals surface area contributed by atoms with E-state index in [1.807, 2.05) is 48.5 Å². The van der Waals surface area contributed by atoms with Crippen LogP contribution in [0.1, 0.15) is 38.0 Å². The number of rotatable bonds is 3. The summed E-state index contributed by atoms with van der Waals surface area (Å²) >= 11 is 0. The van der Waals surface area contributed by atoms with Gasteiger partial charge in [0.25, 0.3) is 0 Å². The molecule has 1 N–H and O–H groups in total. The van der Waals surface area contributed by atoms with Crippen LogP contribution in [0.25, 0.3) is 0 Å². The summed E-state index contributed by atoms with van der Waals surface area (Å²) in [5, 5.41) is 11.5. The number of epoxide rings is 1. The van der Waals surface area contributed by atoms with E-state index in [1.165, 1.54) is 0 Å². The zero-order valence-electron chi connectivity index (χ0n) is 12.8. The van der Waals surface area contributed by atoms with Gasteiger partial charge < -0.3 is 9.84 Å². The number of aliphatic hydroxyl groups is 1. The second kappa shape index (κ2) is 4.97. The van der Waals surface area contributed by atoms with Gasteiger partial charge in [0, 0.05) is 0 Å². The first kappa shape index (κ1) is 14.3. The Morgan fingerprint density at radius 1 is 0.857 bits per heavy atom. The van der Waals surface area contributed by atoms with E-state index in [9.17, 15) is 5.11 Å². The summed E-state index contributed by atoms with van der Waals surface area (Å²) < 4.78 is 5.90. The highest BCUT2D eigenvalue weighted by Gasteiger charge is 2.60. The Kier molecular flexibility index (Phi) is 3.39. The number of hydrogen-bond acceptors (Lipinski definition) is 2. The molecule has 3 rings (SSSR count). The first-order valence-corrected chi connectivity index (χ1v) is 7.43. The van der Waals surface area contributed by atoms with Crippen molar-refractivity contribution in [1.82, 2.24) is 0 Å². The largest absolute Gasteiger partial charge is 0.382 e. The number of benzene rings is 2. The maximum atomic E-state index is 11.5. The fraction of sp³-hybridized carbons (Fsp3) is 0.368. The van der Waals surface area contributed by atoms with Crippen LogP contribution in [0.5, 0.6) is 0 Å². The Bertz CT molecular complexity index is 600. The van der Waals surface area contributed by atoms with Gasteiger partial charge in [-0.05, 0) is 16.5 Å². The van der Waals surface area contributed by atoms with Gasteiger partial charge in [-0.15, -0.1) is 0 Å².